The Kier molecular flexibility index (Phi) is 6.08. The van der Waals surface area contributed by atoms with Crippen molar-refractivity contribution < 1.29 is 0 Å². The summed E-state index contributed by atoms with van der Waals surface area (Å²) in [5.74, 6) is 0.959. The van der Waals surface area contributed by atoms with E-state index in [0.717, 1.165) is 0 Å². The van der Waals surface area contributed by atoms with Crippen LogP contribution in [0.4, 0.5) is 0 Å². The van der Waals surface area contributed by atoms with E-state index in [0.29, 0.717) is 11.8 Å². The van der Waals surface area contributed by atoms with Crippen LogP contribution in [0.3, 0.4) is 0 Å². The molecule has 0 aliphatic carbocycles. The standard InChI is InChI=1S/C3H6Cl4Si/c4-1-3(2-5)8(6)7/h3,8H,1-2H2. The zero-order valence-electron chi connectivity index (χ0n) is 4.08. The lowest BCUT2D eigenvalue weighted by atomic mass is 10.5. The molecule has 0 bridgehead atoms. The Hall–Kier alpha value is 1.38. The van der Waals surface area contributed by atoms with Gasteiger partial charge in [-0.15, -0.1) is 45.4 Å². The van der Waals surface area contributed by atoms with Crippen molar-refractivity contribution in [3.05, 3.63) is 0 Å². The lowest BCUT2D eigenvalue weighted by Gasteiger charge is -2.06. The van der Waals surface area contributed by atoms with Crippen LogP contribution in [0.5, 0.6) is 0 Å². The molecule has 0 fully saturated rings. The quantitative estimate of drug-likeness (QED) is 0.383. The van der Waals surface area contributed by atoms with Gasteiger partial charge in [0.25, 0.3) is 0 Å². The molecule has 0 spiro atoms. The average Bonchev–Trinajstić information content (AvgIpc) is 1.69. The van der Waals surface area contributed by atoms with Crippen LogP contribution < -0.4 is 0 Å². The Morgan fingerprint density at radius 3 is 1.50 bits per heavy atom. The van der Waals surface area contributed by atoms with Gasteiger partial charge in [0.15, 0.2) is 0 Å². The molecule has 0 atom stereocenters. The van der Waals surface area contributed by atoms with E-state index < -0.39 is 7.42 Å². The first-order chi connectivity index (χ1) is 3.72. The van der Waals surface area contributed by atoms with Gasteiger partial charge in [-0.2, -0.15) is 0 Å². The number of hydrogen-bond acceptors (Lipinski definition) is 0. The highest BCUT2D eigenvalue weighted by molar-refractivity contribution is 7.34. The number of hydrogen-bond donors (Lipinski definition) is 0. The monoisotopic (exact) mass is 210 g/mol. The molecule has 0 aromatic heterocycles. The van der Waals surface area contributed by atoms with Crippen molar-refractivity contribution >= 4 is 52.8 Å². The van der Waals surface area contributed by atoms with Gasteiger partial charge in [-0.05, 0) is 0 Å². The van der Waals surface area contributed by atoms with Crippen molar-refractivity contribution in [2.45, 2.75) is 5.54 Å². The first-order valence-electron chi connectivity index (χ1n) is 2.12. The van der Waals surface area contributed by atoms with E-state index in [9.17, 15) is 0 Å². The molecule has 50 valence electrons. The van der Waals surface area contributed by atoms with Crippen LogP contribution in [-0.4, -0.2) is 19.2 Å². The average molecular weight is 212 g/mol. The third kappa shape index (κ3) is 3.41. The minimum Gasteiger partial charge on any atom is -0.150 e. The molecule has 0 rings (SSSR count). The van der Waals surface area contributed by atoms with Crippen molar-refractivity contribution in [3.63, 3.8) is 0 Å². The second kappa shape index (κ2) is 5.18. The first kappa shape index (κ1) is 9.38. The molecule has 0 amide bonds. The minimum atomic E-state index is -1.60. The largest absolute Gasteiger partial charge is 0.242 e. The summed E-state index contributed by atoms with van der Waals surface area (Å²) in [6.45, 7) is 0. The summed E-state index contributed by atoms with van der Waals surface area (Å²) in [5.41, 5.74) is 0.154. The highest BCUT2D eigenvalue weighted by atomic mass is 35.7. The summed E-state index contributed by atoms with van der Waals surface area (Å²) in [4.78, 5) is 0. The number of rotatable bonds is 3. The summed E-state index contributed by atoms with van der Waals surface area (Å²) in [6.07, 6.45) is 0. The van der Waals surface area contributed by atoms with Crippen LogP contribution in [0.25, 0.3) is 0 Å². The third-order valence-electron chi connectivity index (χ3n) is 0.753. The molecule has 0 N–H and O–H groups in total. The first-order valence-corrected chi connectivity index (χ1v) is 7.35. The van der Waals surface area contributed by atoms with Crippen LogP contribution >= 0.6 is 45.4 Å². The predicted molar refractivity (Wildman–Crippen MR) is 44.0 cm³/mol. The van der Waals surface area contributed by atoms with E-state index in [2.05, 4.69) is 0 Å². The topological polar surface area (TPSA) is 0 Å². The molecule has 0 unspecified atom stereocenters. The van der Waals surface area contributed by atoms with Gasteiger partial charge in [0.05, 0.1) is 0 Å². The molecular formula is C3H6Cl4Si. The van der Waals surface area contributed by atoms with Crippen LogP contribution in [0.2, 0.25) is 5.54 Å². The summed E-state index contributed by atoms with van der Waals surface area (Å²) >= 11 is 22.0. The lowest BCUT2D eigenvalue weighted by Crippen LogP contribution is -2.09. The van der Waals surface area contributed by atoms with Crippen LogP contribution in [-0.2, 0) is 0 Å². The van der Waals surface area contributed by atoms with E-state index in [4.69, 9.17) is 45.4 Å². The smallest absolute Gasteiger partial charge is 0.150 e. The van der Waals surface area contributed by atoms with Gasteiger partial charge in [0, 0.05) is 17.3 Å². The Morgan fingerprint density at radius 1 is 1.12 bits per heavy atom. The van der Waals surface area contributed by atoms with Gasteiger partial charge in [-0.3, -0.25) is 0 Å². The van der Waals surface area contributed by atoms with E-state index in [1.165, 1.54) is 0 Å². The Labute approximate surface area is 70.1 Å². The Bertz CT molecular complexity index is 53.2. The van der Waals surface area contributed by atoms with Crippen molar-refractivity contribution in [2.24, 2.45) is 0 Å². The minimum absolute atomic E-state index is 0.154. The van der Waals surface area contributed by atoms with Gasteiger partial charge in [0.1, 0.15) is 0 Å². The summed E-state index contributed by atoms with van der Waals surface area (Å²) in [5, 5.41) is 0. The summed E-state index contributed by atoms with van der Waals surface area (Å²) in [6, 6.07) is 0. The molecular weight excluding hydrogens is 206 g/mol. The molecule has 0 saturated carbocycles. The SMILES string of the molecule is ClCC(CCl)[SiH](Cl)Cl. The van der Waals surface area contributed by atoms with E-state index in [-0.39, 0.29) is 5.54 Å². The molecule has 0 aromatic carbocycles. The third-order valence-corrected chi connectivity index (χ3v) is 5.47. The van der Waals surface area contributed by atoms with Crippen LogP contribution in [0.15, 0.2) is 0 Å². The normalized spacial score (nSPS) is 11.2. The fourth-order valence-corrected chi connectivity index (χ4v) is 4.01. The van der Waals surface area contributed by atoms with Crippen molar-refractivity contribution in [1.29, 1.82) is 0 Å². The van der Waals surface area contributed by atoms with E-state index in [1.54, 1.807) is 0 Å². The summed E-state index contributed by atoms with van der Waals surface area (Å²) in [7, 11) is -1.60. The van der Waals surface area contributed by atoms with Crippen molar-refractivity contribution in [3.8, 4) is 0 Å². The van der Waals surface area contributed by atoms with Gasteiger partial charge in [-0.25, -0.2) is 0 Å². The fourth-order valence-electron chi connectivity index (χ4n) is 0.176. The second-order valence-corrected chi connectivity index (χ2v) is 7.12. The van der Waals surface area contributed by atoms with E-state index >= 15 is 0 Å². The molecule has 0 saturated heterocycles. The van der Waals surface area contributed by atoms with Crippen LogP contribution in [0.1, 0.15) is 0 Å². The van der Waals surface area contributed by atoms with E-state index in [1.807, 2.05) is 0 Å². The maximum Gasteiger partial charge on any atom is 0.242 e. The Balaban J connectivity index is 3.35. The maximum absolute atomic E-state index is 5.58. The predicted octanol–water partition coefficient (Wildman–Crippen LogP) is 2.53. The number of alkyl halides is 2. The van der Waals surface area contributed by atoms with Gasteiger partial charge in [-0.1, -0.05) is 0 Å². The molecule has 5 heteroatoms. The molecule has 0 aromatic rings. The Morgan fingerprint density at radius 2 is 1.50 bits per heavy atom. The van der Waals surface area contributed by atoms with Gasteiger partial charge < -0.3 is 0 Å². The molecule has 8 heavy (non-hydrogen) atoms. The van der Waals surface area contributed by atoms with Gasteiger partial charge >= 0.3 is 0 Å². The molecule has 0 aliphatic rings. The van der Waals surface area contributed by atoms with Crippen molar-refractivity contribution in [2.75, 3.05) is 11.8 Å². The zero-order valence-corrected chi connectivity index (χ0v) is 8.26. The highest BCUT2D eigenvalue weighted by Gasteiger charge is 2.16. The number of halogens is 4. The molecule has 0 radical (unpaired) electrons. The zero-order chi connectivity index (χ0) is 6.57. The van der Waals surface area contributed by atoms with Gasteiger partial charge in [0.2, 0.25) is 7.42 Å². The molecule has 0 nitrogen and oxygen atoms in total. The maximum atomic E-state index is 5.58. The molecule has 0 aliphatic heterocycles. The fraction of sp³-hybridized carbons (Fsp3) is 1.00. The highest BCUT2D eigenvalue weighted by Crippen LogP contribution is 2.19. The van der Waals surface area contributed by atoms with Crippen LogP contribution in [0, 0.1) is 0 Å². The second-order valence-electron chi connectivity index (χ2n) is 1.40. The van der Waals surface area contributed by atoms with Crippen molar-refractivity contribution in [1.82, 2.24) is 0 Å². The molecule has 0 heterocycles. The summed E-state index contributed by atoms with van der Waals surface area (Å²) < 4.78 is 0. The lowest BCUT2D eigenvalue weighted by molar-refractivity contribution is 1.09.